The van der Waals surface area contributed by atoms with Crippen LogP contribution in [-0.4, -0.2) is 29.3 Å². The quantitative estimate of drug-likeness (QED) is 0.680. The molecule has 20 heavy (non-hydrogen) atoms. The lowest BCUT2D eigenvalue weighted by Crippen LogP contribution is -2.31. The maximum Gasteiger partial charge on any atom is 0.276 e. The largest absolute Gasteiger partial charge is 0.454 e. The van der Waals surface area contributed by atoms with E-state index in [2.05, 4.69) is 5.32 Å². The van der Waals surface area contributed by atoms with Crippen LogP contribution >= 0.6 is 12.2 Å². The summed E-state index contributed by atoms with van der Waals surface area (Å²) in [4.78, 5) is 13.8. The molecule has 2 aliphatic rings. The molecule has 0 bridgehead atoms. The van der Waals surface area contributed by atoms with Crippen LogP contribution in [0.2, 0.25) is 0 Å². The average molecular weight is 290 g/mol. The number of ether oxygens (including phenoxy) is 2. The van der Waals surface area contributed by atoms with Crippen molar-refractivity contribution in [2.24, 2.45) is 0 Å². The highest BCUT2D eigenvalue weighted by Crippen LogP contribution is 2.33. The monoisotopic (exact) mass is 290 g/mol. The van der Waals surface area contributed by atoms with E-state index in [0.29, 0.717) is 23.1 Å². The molecular formula is C14H14N2O3S. The molecule has 1 N–H and O–H groups in total. The van der Waals surface area contributed by atoms with Gasteiger partial charge in [0.15, 0.2) is 16.6 Å². The molecule has 6 heteroatoms. The van der Waals surface area contributed by atoms with Crippen molar-refractivity contribution in [2.75, 3.05) is 13.3 Å². The first kappa shape index (κ1) is 12.9. The van der Waals surface area contributed by atoms with Crippen LogP contribution in [0.25, 0.3) is 6.08 Å². The number of benzene rings is 1. The first-order valence-electron chi connectivity index (χ1n) is 6.43. The highest BCUT2D eigenvalue weighted by atomic mass is 32.1. The highest BCUT2D eigenvalue weighted by molar-refractivity contribution is 7.80. The van der Waals surface area contributed by atoms with Gasteiger partial charge >= 0.3 is 0 Å². The van der Waals surface area contributed by atoms with Gasteiger partial charge in [0.2, 0.25) is 6.79 Å². The van der Waals surface area contributed by atoms with Crippen molar-refractivity contribution in [1.29, 1.82) is 0 Å². The van der Waals surface area contributed by atoms with Gasteiger partial charge in [-0.15, -0.1) is 0 Å². The van der Waals surface area contributed by atoms with Gasteiger partial charge in [-0.3, -0.25) is 9.69 Å². The zero-order valence-corrected chi connectivity index (χ0v) is 11.8. The van der Waals surface area contributed by atoms with E-state index in [-0.39, 0.29) is 12.7 Å². The molecule has 1 amide bonds. The lowest BCUT2D eigenvalue weighted by molar-refractivity contribution is -0.122. The molecule has 5 nitrogen and oxygen atoms in total. The summed E-state index contributed by atoms with van der Waals surface area (Å²) < 4.78 is 10.6. The van der Waals surface area contributed by atoms with E-state index in [1.54, 1.807) is 11.0 Å². The maximum absolute atomic E-state index is 12.2. The Hall–Kier alpha value is -2.08. The Balaban J connectivity index is 1.86. The van der Waals surface area contributed by atoms with Crippen molar-refractivity contribution in [3.8, 4) is 11.5 Å². The second kappa shape index (κ2) is 5.13. The fraction of sp³-hybridized carbons (Fsp3) is 0.286. The molecule has 1 aromatic carbocycles. The summed E-state index contributed by atoms with van der Waals surface area (Å²) in [5.74, 6) is 1.33. The van der Waals surface area contributed by atoms with E-state index in [1.807, 2.05) is 25.1 Å². The van der Waals surface area contributed by atoms with Gasteiger partial charge in [-0.1, -0.05) is 13.0 Å². The number of carbonyl (C=O) groups excluding carboxylic acids is 1. The van der Waals surface area contributed by atoms with Crippen LogP contribution in [-0.2, 0) is 4.79 Å². The Morgan fingerprint density at radius 2 is 2.20 bits per heavy atom. The van der Waals surface area contributed by atoms with Crippen LogP contribution in [0.15, 0.2) is 23.9 Å². The molecule has 1 aromatic rings. The van der Waals surface area contributed by atoms with E-state index in [1.165, 1.54) is 0 Å². The van der Waals surface area contributed by atoms with Crippen LogP contribution < -0.4 is 14.8 Å². The summed E-state index contributed by atoms with van der Waals surface area (Å²) in [6.45, 7) is 2.87. The lowest BCUT2D eigenvalue weighted by atomic mass is 10.1. The maximum atomic E-state index is 12.2. The standard InChI is InChI=1S/C14H14N2O3S/c1-2-5-16-13(17)10(15-14(16)20)6-9-3-4-11-12(7-9)19-8-18-11/h3-4,6-7H,2,5,8H2,1H3,(H,15,20). The molecule has 0 radical (unpaired) electrons. The molecule has 0 unspecified atom stereocenters. The van der Waals surface area contributed by atoms with Crippen molar-refractivity contribution >= 4 is 29.3 Å². The number of fused-ring (bicyclic) bond motifs is 1. The van der Waals surface area contributed by atoms with Gasteiger partial charge in [-0.05, 0) is 42.4 Å². The third-order valence-electron chi connectivity index (χ3n) is 3.12. The van der Waals surface area contributed by atoms with Crippen molar-refractivity contribution in [2.45, 2.75) is 13.3 Å². The minimum atomic E-state index is -0.0884. The summed E-state index contributed by atoms with van der Waals surface area (Å²) in [5.41, 5.74) is 1.36. The third-order valence-corrected chi connectivity index (χ3v) is 3.44. The number of carbonyl (C=O) groups is 1. The fourth-order valence-corrected chi connectivity index (χ4v) is 2.45. The van der Waals surface area contributed by atoms with Gasteiger partial charge in [-0.2, -0.15) is 0 Å². The number of amides is 1. The fourth-order valence-electron chi connectivity index (χ4n) is 2.17. The molecule has 0 saturated carbocycles. The predicted molar refractivity (Wildman–Crippen MR) is 78.3 cm³/mol. The second-order valence-electron chi connectivity index (χ2n) is 4.56. The normalized spacial score (nSPS) is 18.9. The molecule has 0 aliphatic carbocycles. The van der Waals surface area contributed by atoms with Crippen LogP contribution in [0.1, 0.15) is 18.9 Å². The molecule has 2 heterocycles. The first-order chi connectivity index (χ1) is 9.69. The van der Waals surface area contributed by atoms with E-state index in [0.717, 1.165) is 17.7 Å². The summed E-state index contributed by atoms with van der Waals surface area (Å²) in [7, 11) is 0. The van der Waals surface area contributed by atoms with E-state index in [9.17, 15) is 4.79 Å². The minimum Gasteiger partial charge on any atom is -0.454 e. The smallest absolute Gasteiger partial charge is 0.276 e. The molecule has 0 atom stereocenters. The van der Waals surface area contributed by atoms with Crippen molar-refractivity contribution in [1.82, 2.24) is 10.2 Å². The van der Waals surface area contributed by atoms with Gasteiger partial charge in [0, 0.05) is 6.54 Å². The Bertz CT molecular complexity index is 612. The molecular weight excluding hydrogens is 276 g/mol. The highest BCUT2D eigenvalue weighted by Gasteiger charge is 2.29. The topological polar surface area (TPSA) is 50.8 Å². The first-order valence-corrected chi connectivity index (χ1v) is 6.84. The van der Waals surface area contributed by atoms with Crippen LogP contribution in [0.4, 0.5) is 0 Å². The summed E-state index contributed by atoms with van der Waals surface area (Å²) in [6, 6.07) is 5.55. The van der Waals surface area contributed by atoms with Gasteiger partial charge in [0.1, 0.15) is 5.70 Å². The Kier molecular flexibility index (Phi) is 3.31. The molecule has 3 rings (SSSR count). The van der Waals surface area contributed by atoms with Crippen LogP contribution in [0.3, 0.4) is 0 Å². The average Bonchev–Trinajstić information content (AvgIpc) is 2.99. The number of rotatable bonds is 3. The van der Waals surface area contributed by atoms with Crippen molar-refractivity contribution in [3.63, 3.8) is 0 Å². The van der Waals surface area contributed by atoms with Crippen LogP contribution in [0, 0.1) is 0 Å². The number of nitrogens with zero attached hydrogens (tertiary/aromatic N) is 1. The molecule has 1 saturated heterocycles. The molecule has 0 aromatic heterocycles. The van der Waals surface area contributed by atoms with Crippen molar-refractivity contribution < 1.29 is 14.3 Å². The van der Waals surface area contributed by atoms with E-state index >= 15 is 0 Å². The van der Waals surface area contributed by atoms with Gasteiger partial charge in [0.25, 0.3) is 5.91 Å². The summed E-state index contributed by atoms with van der Waals surface area (Å²) >= 11 is 5.16. The summed E-state index contributed by atoms with van der Waals surface area (Å²) in [5, 5.41) is 3.41. The molecule has 1 fully saturated rings. The number of hydrogen-bond donors (Lipinski definition) is 1. The number of nitrogens with one attached hydrogen (secondary N) is 1. The Labute approximate surface area is 122 Å². The predicted octanol–water partition coefficient (Wildman–Crippen LogP) is 1.88. The molecule has 104 valence electrons. The van der Waals surface area contributed by atoms with Crippen molar-refractivity contribution in [3.05, 3.63) is 29.5 Å². The van der Waals surface area contributed by atoms with E-state index < -0.39 is 0 Å². The Morgan fingerprint density at radius 1 is 1.40 bits per heavy atom. The van der Waals surface area contributed by atoms with Crippen LogP contribution in [0.5, 0.6) is 11.5 Å². The molecule has 2 aliphatic heterocycles. The van der Waals surface area contributed by atoms with Gasteiger partial charge in [0.05, 0.1) is 0 Å². The Morgan fingerprint density at radius 3 is 3.00 bits per heavy atom. The van der Waals surface area contributed by atoms with E-state index in [4.69, 9.17) is 21.7 Å². The molecule has 0 spiro atoms. The van der Waals surface area contributed by atoms with Gasteiger partial charge in [-0.25, -0.2) is 0 Å². The number of thiocarbonyl (C=S) groups is 1. The SMILES string of the molecule is CCCN1C(=O)C(=Cc2ccc3c(c2)OCO3)NC1=S. The zero-order valence-electron chi connectivity index (χ0n) is 11.0. The lowest BCUT2D eigenvalue weighted by Gasteiger charge is -2.11. The second-order valence-corrected chi connectivity index (χ2v) is 4.94. The van der Waals surface area contributed by atoms with Gasteiger partial charge < -0.3 is 14.8 Å². The summed E-state index contributed by atoms with van der Waals surface area (Å²) in [6.07, 6.45) is 2.64. The zero-order chi connectivity index (χ0) is 14.1. The minimum absolute atomic E-state index is 0.0884. The number of hydrogen-bond acceptors (Lipinski definition) is 4. The third kappa shape index (κ3) is 2.22.